The van der Waals surface area contributed by atoms with Crippen LogP contribution in [0.2, 0.25) is 0 Å². The van der Waals surface area contributed by atoms with Crippen molar-refractivity contribution in [3.63, 3.8) is 0 Å². The summed E-state index contributed by atoms with van der Waals surface area (Å²) in [5.74, 6) is 0.852. The lowest BCUT2D eigenvalue weighted by Crippen LogP contribution is -2.36. The number of rotatable bonds is 3. The van der Waals surface area contributed by atoms with Crippen molar-refractivity contribution in [1.29, 1.82) is 0 Å². The second-order valence-corrected chi connectivity index (χ2v) is 5.67. The van der Waals surface area contributed by atoms with E-state index in [1.165, 1.54) is 0 Å². The summed E-state index contributed by atoms with van der Waals surface area (Å²) < 4.78 is 0. The Morgan fingerprint density at radius 1 is 1.12 bits per heavy atom. The van der Waals surface area contributed by atoms with Crippen molar-refractivity contribution in [2.24, 2.45) is 0 Å². The van der Waals surface area contributed by atoms with Gasteiger partial charge >= 0.3 is 0 Å². The molecule has 1 aliphatic rings. The lowest BCUT2D eigenvalue weighted by molar-refractivity contribution is 0.725. The van der Waals surface area contributed by atoms with E-state index in [9.17, 15) is 0 Å². The van der Waals surface area contributed by atoms with Crippen LogP contribution < -0.4 is 10.4 Å². The SMILES string of the molecule is C=CC1C=C(c2ccc3nccnc3c2)N(c2cccc(C)n2)N1. The molecule has 0 saturated heterocycles. The van der Waals surface area contributed by atoms with Gasteiger partial charge in [0.2, 0.25) is 0 Å². The van der Waals surface area contributed by atoms with Gasteiger partial charge in [-0.2, -0.15) is 0 Å². The zero-order valence-electron chi connectivity index (χ0n) is 13.3. The molecule has 24 heavy (non-hydrogen) atoms. The molecule has 3 aromatic rings. The Labute approximate surface area is 140 Å². The zero-order chi connectivity index (χ0) is 16.5. The standard InChI is InChI=1S/C19H17N5/c1-3-15-12-18(24(23-15)19-6-4-5-13(2)22-19)14-7-8-16-17(11-14)21-10-9-20-16/h3-12,15,23H,1H2,2H3. The van der Waals surface area contributed by atoms with Crippen LogP contribution in [0.15, 0.2) is 67.5 Å². The molecule has 1 aromatic carbocycles. The van der Waals surface area contributed by atoms with E-state index in [-0.39, 0.29) is 6.04 Å². The monoisotopic (exact) mass is 315 g/mol. The van der Waals surface area contributed by atoms with Crippen molar-refractivity contribution < 1.29 is 0 Å². The van der Waals surface area contributed by atoms with E-state index in [4.69, 9.17) is 0 Å². The van der Waals surface area contributed by atoms with Gasteiger partial charge in [0, 0.05) is 23.7 Å². The minimum absolute atomic E-state index is 0.0554. The van der Waals surface area contributed by atoms with Gasteiger partial charge < -0.3 is 0 Å². The molecule has 5 heteroatoms. The number of aromatic nitrogens is 3. The fraction of sp³-hybridized carbons (Fsp3) is 0.105. The Bertz CT molecular complexity index is 947. The first-order valence-electron chi connectivity index (χ1n) is 7.80. The van der Waals surface area contributed by atoms with Gasteiger partial charge in [-0.1, -0.05) is 18.2 Å². The predicted molar refractivity (Wildman–Crippen MR) is 96.1 cm³/mol. The van der Waals surface area contributed by atoms with E-state index in [2.05, 4.69) is 39.1 Å². The Hall–Kier alpha value is -3.05. The summed E-state index contributed by atoms with van der Waals surface area (Å²) in [6.45, 7) is 5.88. The van der Waals surface area contributed by atoms with Crippen molar-refractivity contribution in [2.45, 2.75) is 13.0 Å². The minimum Gasteiger partial charge on any atom is -0.258 e. The van der Waals surface area contributed by atoms with Gasteiger partial charge in [0.1, 0.15) is 5.82 Å². The molecule has 4 rings (SSSR count). The molecule has 2 aromatic heterocycles. The molecule has 1 aliphatic heterocycles. The van der Waals surface area contributed by atoms with E-state index in [0.29, 0.717) is 0 Å². The van der Waals surface area contributed by atoms with Crippen LogP contribution in [-0.4, -0.2) is 21.0 Å². The van der Waals surface area contributed by atoms with Gasteiger partial charge in [0.05, 0.1) is 22.8 Å². The second-order valence-electron chi connectivity index (χ2n) is 5.67. The van der Waals surface area contributed by atoms with Gasteiger partial charge in [-0.05, 0) is 37.3 Å². The van der Waals surface area contributed by atoms with E-state index in [1.54, 1.807) is 12.4 Å². The minimum atomic E-state index is 0.0554. The molecule has 0 fully saturated rings. The van der Waals surface area contributed by atoms with Gasteiger partial charge in [0.25, 0.3) is 0 Å². The lowest BCUT2D eigenvalue weighted by Gasteiger charge is -2.23. The first kappa shape index (κ1) is 14.5. The van der Waals surface area contributed by atoms with Crippen molar-refractivity contribution in [2.75, 3.05) is 5.01 Å². The molecule has 1 N–H and O–H groups in total. The van der Waals surface area contributed by atoms with Crippen LogP contribution in [0.1, 0.15) is 11.3 Å². The highest BCUT2D eigenvalue weighted by Crippen LogP contribution is 2.29. The maximum absolute atomic E-state index is 4.62. The first-order valence-corrected chi connectivity index (χ1v) is 7.80. The van der Waals surface area contributed by atoms with Crippen LogP contribution in [0, 0.1) is 6.92 Å². The van der Waals surface area contributed by atoms with Crippen molar-refractivity contribution in [1.82, 2.24) is 20.4 Å². The van der Waals surface area contributed by atoms with Gasteiger partial charge in [0.15, 0.2) is 0 Å². The molecule has 0 radical (unpaired) electrons. The normalized spacial score (nSPS) is 17.1. The molecule has 0 bridgehead atoms. The topological polar surface area (TPSA) is 53.9 Å². The highest BCUT2D eigenvalue weighted by Gasteiger charge is 2.24. The Balaban J connectivity index is 1.80. The van der Waals surface area contributed by atoms with E-state index in [1.807, 2.05) is 48.3 Å². The number of aryl methyl sites for hydroxylation is 1. The summed E-state index contributed by atoms with van der Waals surface area (Å²) in [4.78, 5) is 13.4. The van der Waals surface area contributed by atoms with Gasteiger partial charge in [-0.15, -0.1) is 6.58 Å². The van der Waals surface area contributed by atoms with Crippen molar-refractivity contribution in [3.05, 3.63) is 78.8 Å². The van der Waals surface area contributed by atoms with E-state index < -0.39 is 0 Å². The number of pyridine rings is 1. The van der Waals surface area contributed by atoms with Crippen LogP contribution >= 0.6 is 0 Å². The Morgan fingerprint density at radius 2 is 1.96 bits per heavy atom. The summed E-state index contributed by atoms with van der Waals surface area (Å²) in [6.07, 6.45) is 7.42. The van der Waals surface area contributed by atoms with Crippen LogP contribution in [0.4, 0.5) is 5.82 Å². The summed E-state index contributed by atoms with van der Waals surface area (Å²) >= 11 is 0. The third-order valence-corrected chi connectivity index (χ3v) is 3.98. The van der Waals surface area contributed by atoms with Crippen LogP contribution in [0.5, 0.6) is 0 Å². The summed E-state index contributed by atoms with van der Waals surface area (Å²) in [6, 6.07) is 12.1. The Kier molecular flexibility index (Phi) is 3.55. The molecule has 0 spiro atoms. The zero-order valence-corrected chi connectivity index (χ0v) is 13.3. The number of nitrogens with one attached hydrogen (secondary N) is 1. The number of anilines is 1. The Morgan fingerprint density at radius 3 is 2.75 bits per heavy atom. The maximum Gasteiger partial charge on any atom is 0.147 e. The summed E-state index contributed by atoms with van der Waals surface area (Å²) in [5, 5.41) is 2.00. The third-order valence-electron chi connectivity index (χ3n) is 3.98. The number of benzene rings is 1. The fourth-order valence-corrected chi connectivity index (χ4v) is 2.81. The molecule has 1 unspecified atom stereocenters. The summed E-state index contributed by atoms with van der Waals surface area (Å²) in [7, 11) is 0. The predicted octanol–water partition coefficient (Wildman–Crippen LogP) is 3.25. The first-order chi connectivity index (χ1) is 11.7. The average Bonchev–Trinajstić information content (AvgIpc) is 3.06. The molecule has 0 saturated carbocycles. The highest BCUT2D eigenvalue weighted by molar-refractivity contribution is 5.85. The van der Waals surface area contributed by atoms with Crippen LogP contribution in [-0.2, 0) is 0 Å². The maximum atomic E-state index is 4.62. The fourth-order valence-electron chi connectivity index (χ4n) is 2.81. The van der Waals surface area contributed by atoms with E-state index in [0.717, 1.165) is 33.8 Å². The van der Waals surface area contributed by atoms with Crippen LogP contribution in [0.25, 0.3) is 16.7 Å². The van der Waals surface area contributed by atoms with Gasteiger partial charge in [-0.25, -0.2) is 10.4 Å². The molecule has 5 nitrogen and oxygen atoms in total. The van der Waals surface area contributed by atoms with Gasteiger partial charge in [-0.3, -0.25) is 15.0 Å². The number of hydrogen-bond acceptors (Lipinski definition) is 5. The lowest BCUT2D eigenvalue weighted by atomic mass is 10.1. The molecule has 0 amide bonds. The number of nitrogens with zero attached hydrogens (tertiary/aromatic N) is 4. The summed E-state index contributed by atoms with van der Waals surface area (Å²) in [5.41, 5.74) is 8.22. The number of fused-ring (bicyclic) bond motifs is 1. The quantitative estimate of drug-likeness (QED) is 0.752. The number of hydrogen-bond donors (Lipinski definition) is 1. The molecular formula is C19H17N5. The smallest absolute Gasteiger partial charge is 0.147 e. The van der Waals surface area contributed by atoms with Crippen molar-refractivity contribution in [3.8, 4) is 0 Å². The molecule has 1 atom stereocenters. The molecular weight excluding hydrogens is 298 g/mol. The average molecular weight is 315 g/mol. The number of hydrazine groups is 1. The third kappa shape index (κ3) is 2.55. The van der Waals surface area contributed by atoms with Crippen molar-refractivity contribution >= 4 is 22.5 Å². The largest absolute Gasteiger partial charge is 0.258 e. The second kappa shape index (κ2) is 5.86. The highest BCUT2D eigenvalue weighted by atomic mass is 15.6. The molecule has 118 valence electrons. The molecule has 0 aliphatic carbocycles. The van der Waals surface area contributed by atoms with Crippen LogP contribution in [0.3, 0.4) is 0 Å². The van der Waals surface area contributed by atoms with E-state index >= 15 is 0 Å². The molecule has 3 heterocycles.